The zero-order valence-corrected chi connectivity index (χ0v) is 9.32. The highest BCUT2D eigenvalue weighted by Gasteiger charge is 2.32. The van der Waals surface area contributed by atoms with E-state index in [0.29, 0.717) is 12.1 Å². The second-order valence-electron chi connectivity index (χ2n) is 2.62. The van der Waals surface area contributed by atoms with E-state index in [9.17, 15) is 21.6 Å². The molecule has 0 fully saturated rings. The summed E-state index contributed by atoms with van der Waals surface area (Å²) in [4.78, 5) is -0.808. The van der Waals surface area contributed by atoms with Crippen LogP contribution in [-0.2, 0) is 16.3 Å². The summed E-state index contributed by atoms with van der Waals surface area (Å²) in [6.07, 6.45) is -4.65. The van der Waals surface area contributed by atoms with Crippen molar-refractivity contribution >= 4 is 26.0 Å². The molecule has 1 N–H and O–H groups in total. The summed E-state index contributed by atoms with van der Waals surface area (Å²) in [6.45, 7) is 0. The molecule has 84 valence electrons. The fraction of sp³-hybridized carbons (Fsp3) is 0.143. The minimum absolute atomic E-state index is 0.127. The first-order valence-corrected chi connectivity index (χ1v) is 5.70. The molecule has 0 aliphatic carbocycles. The van der Waals surface area contributed by atoms with Gasteiger partial charge in [0.2, 0.25) is 0 Å². The lowest BCUT2D eigenvalue weighted by Crippen LogP contribution is -2.07. The molecule has 0 aliphatic heterocycles. The summed E-state index contributed by atoms with van der Waals surface area (Å²) in [7, 11) is -4.66. The maximum atomic E-state index is 12.2. The molecule has 0 aliphatic rings. The molecule has 0 saturated carbocycles. The summed E-state index contributed by atoms with van der Waals surface area (Å²) < 4.78 is 66.5. The van der Waals surface area contributed by atoms with Gasteiger partial charge in [0.15, 0.2) is 0 Å². The summed E-state index contributed by atoms with van der Waals surface area (Å²) in [5.74, 6) is 0. The first kappa shape index (κ1) is 12.5. The largest absolute Gasteiger partial charge is 0.416 e. The molecule has 1 aromatic rings. The van der Waals surface area contributed by atoms with Crippen LogP contribution in [0, 0.1) is 0 Å². The average Bonchev–Trinajstić information content (AvgIpc) is 2.00. The second kappa shape index (κ2) is 3.76. The van der Waals surface area contributed by atoms with E-state index in [1.54, 1.807) is 0 Å². The van der Waals surface area contributed by atoms with Crippen molar-refractivity contribution in [1.82, 2.24) is 0 Å². The number of alkyl halides is 3. The predicted octanol–water partition coefficient (Wildman–Crippen LogP) is 2.71. The fourth-order valence-corrected chi connectivity index (χ4v) is 2.33. The van der Waals surface area contributed by atoms with Gasteiger partial charge in [-0.15, -0.1) is 0 Å². The number of rotatable bonds is 1. The van der Waals surface area contributed by atoms with Gasteiger partial charge in [-0.25, -0.2) is 0 Å². The van der Waals surface area contributed by atoms with Crippen molar-refractivity contribution < 1.29 is 26.1 Å². The third kappa shape index (κ3) is 2.93. The van der Waals surface area contributed by atoms with Gasteiger partial charge in [-0.05, 0) is 34.1 Å². The number of hydrogen-bond donors (Lipinski definition) is 1. The van der Waals surface area contributed by atoms with Crippen molar-refractivity contribution in [2.75, 3.05) is 0 Å². The third-order valence-electron chi connectivity index (χ3n) is 1.54. The predicted molar refractivity (Wildman–Crippen MR) is 49.0 cm³/mol. The molecule has 0 saturated heterocycles. The van der Waals surface area contributed by atoms with Crippen LogP contribution in [0.2, 0.25) is 0 Å². The Hall–Kier alpha value is -0.600. The molecule has 0 aromatic heterocycles. The quantitative estimate of drug-likeness (QED) is 0.812. The van der Waals surface area contributed by atoms with Crippen LogP contribution in [-0.4, -0.2) is 13.0 Å². The van der Waals surface area contributed by atoms with Crippen LogP contribution in [0.3, 0.4) is 0 Å². The van der Waals surface area contributed by atoms with Gasteiger partial charge in [-0.3, -0.25) is 4.55 Å². The Morgan fingerprint density at radius 3 is 2.20 bits per heavy atom. The molecule has 8 heteroatoms. The Morgan fingerprint density at radius 2 is 1.80 bits per heavy atom. The van der Waals surface area contributed by atoms with Crippen LogP contribution in [0.1, 0.15) is 5.56 Å². The SMILES string of the molecule is O=S(=O)(O)c1cc(C(F)(F)F)ccc1Br. The maximum Gasteiger partial charge on any atom is 0.416 e. The molecular weight excluding hydrogens is 301 g/mol. The van der Waals surface area contributed by atoms with Gasteiger partial charge >= 0.3 is 6.18 Å². The molecule has 3 nitrogen and oxygen atoms in total. The molecule has 0 spiro atoms. The van der Waals surface area contributed by atoms with Crippen molar-refractivity contribution in [2.45, 2.75) is 11.1 Å². The van der Waals surface area contributed by atoms with Gasteiger partial charge in [0.1, 0.15) is 4.90 Å². The Kier molecular flexibility index (Phi) is 3.13. The first-order valence-electron chi connectivity index (χ1n) is 3.46. The fourth-order valence-electron chi connectivity index (χ4n) is 0.877. The number of hydrogen-bond acceptors (Lipinski definition) is 2. The van der Waals surface area contributed by atoms with Crippen LogP contribution < -0.4 is 0 Å². The molecule has 0 heterocycles. The summed E-state index contributed by atoms with van der Waals surface area (Å²) >= 11 is 2.73. The monoisotopic (exact) mass is 304 g/mol. The lowest BCUT2D eigenvalue weighted by Gasteiger charge is -2.08. The van der Waals surface area contributed by atoms with Crippen molar-refractivity contribution in [2.24, 2.45) is 0 Å². The summed E-state index contributed by atoms with van der Waals surface area (Å²) in [5.41, 5.74) is -1.14. The van der Waals surface area contributed by atoms with E-state index >= 15 is 0 Å². The first-order chi connectivity index (χ1) is 6.62. The lowest BCUT2D eigenvalue weighted by atomic mass is 10.2. The van der Waals surface area contributed by atoms with Crippen LogP contribution in [0.5, 0.6) is 0 Å². The van der Waals surface area contributed by atoms with E-state index < -0.39 is 26.8 Å². The molecule has 0 amide bonds. The zero-order valence-electron chi connectivity index (χ0n) is 6.92. The minimum atomic E-state index is -4.66. The van der Waals surface area contributed by atoms with Crippen molar-refractivity contribution in [3.63, 3.8) is 0 Å². The van der Waals surface area contributed by atoms with E-state index in [2.05, 4.69) is 15.9 Å². The Labute approximate surface area is 91.8 Å². The van der Waals surface area contributed by atoms with Gasteiger partial charge in [0.25, 0.3) is 10.1 Å². The number of benzene rings is 1. The average molecular weight is 305 g/mol. The van der Waals surface area contributed by atoms with Gasteiger partial charge in [-0.1, -0.05) is 0 Å². The van der Waals surface area contributed by atoms with Gasteiger partial charge in [0, 0.05) is 4.47 Å². The van der Waals surface area contributed by atoms with Crippen LogP contribution in [0.4, 0.5) is 13.2 Å². The Morgan fingerprint density at radius 1 is 1.27 bits per heavy atom. The van der Waals surface area contributed by atoms with E-state index in [1.165, 1.54) is 0 Å². The van der Waals surface area contributed by atoms with E-state index in [0.717, 1.165) is 6.07 Å². The molecule has 1 rings (SSSR count). The smallest absolute Gasteiger partial charge is 0.282 e. The molecule has 0 bridgehead atoms. The highest BCUT2D eigenvalue weighted by molar-refractivity contribution is 9.10. The molecular formula is C7H4BrF3O3S. The number of halogens is 4. The summed E-state index contributed by atoms with van der Waals surface area (Å²) in [5, 5.41) is 0. The molecule has 0 radical (unpaired) electrons. The maximum absolute atomic E-state index is 12.2. The van der Waals surface area contributed by atoms with E-state index in [1.807, 2.05) is 0 Å². The Balaban J connectivity index is 3.43. The topological polar surface area (TPSA) is 54.4 Å². The zero-order chi connectivity index (χ0) is 11.9. The van der Waals surface area contributed by atoms with Crippen LogP contribution >= 0.6 is 15.9 Å². The highest BCUT2D eigenvalue weighted by atomic mass is 79.9. The van der Waals surface area contributed by atoms with Crippen molar-refractivity contribution in [3.8, 4) is 0 Å². The van der Waals surface area contributed by atoms with Crippen LogP contribution in [0.15, 0.2) is 27.6 Å². The Bertz CT molecular complexity index is 481. The normalized spacial score (nSPS) is 12.9. The van der Waals surface area contributed by atoms with Crippen molar-refractivity contribution in [3.05, 3.63) is 28.2 Å². The summed E-state index contributed by atoms with van der Waals surface area (Å²) in [6, 6.07) is 1.98. The molecule has 15 heavy (non-hydrogen) atoms. The lowest BCUT2D eigenvalue weighted by molar-refractivity contribution is -0.137. The minimum Gasteiger partial charge on any atom is -0.282 e. The standard InChI is InChI=1S/C7H4BrF3O3S/c8-5-2-1-4(7(9,10)11)3-6(5)15(12,13)14/h1-3H,(H,12,13,14). The van der Waals surface area contributed by atoms with Gasteiger partial charge in [-0.2, -0.15) is 21.6 Å². The van der Waals surface area contributed by atoms with Crippen molar-refractivity contribution in [1.29, 1.82) is 0 Å². The van der Waals surface area contributed by atoms with Crippen LogP contribution in [0.25, 0.3) is 0 Å². The molecule has 1 aromatic carbocycles. The highest BCUT2D eigenvalue weighted by Crippen LogP contribution is 2.33. The van der Waals surface area contributed by atoms with E-state index in [4.69, 9.17) is 4.55 Å². The van der Waals surface area contributed by atoms with Gasteiger partial charge < -0.3 is 0 Å². The molecule has 0 unspecified atom stereocenters. The third-order valence-corrected chi connectivity index (χ3v) is 3.38. The van der Waals surface area contributed by atoms with E-state index in [-0.39, 0.29) is 4.47 Å². The second-order valence-corrected chi connectivity index (χ2v) is 4.86. The van der Waals surface area contributed by atoms with Gasteiger partial charge in [0.05, 0.1) is 5.56 Å². The molecule has 0 atom stereocenters.